The zero-order chi connectivity index (χ0) is 18.4. The molecule has 26 heavy (non-hydrogen) atoms. The fourth-order valence-corrected chi connectivity index (χ4v) is 3.74. The summed E-state index contributed by atoms with van der Waals surface area (Å²) in [7, 11) is 0. The Morgan fingerprint density at radius 2 is 2.00 bits per heavy atom. The van der Waals surface area contributed by atoms with Crippen molar-refractivity contribution in [3.63, 3.8) is 0 Å². The van der Waals surface area contributed by atoms with E-state index >= 15 is 0 Å². The lowest BCUT2D eigenvalue weighted by Crippen LogP contribution is -2.51. The number of rotatable bonds is 7. The minimum atomic E-state index is -0.00509. The van der Waals surface area contributed by atoms with Gasteiger partial charge in [-0.25, -0.2) is 0 Å². The van der Waals surface area contributed by atoms with Crippen LogP contribution in [0.1, 0.15) is 15.4 Å². The van der Waals surface area contributed by atoms with Gasteiger partial charge in [0.25, 0.3) is 5.91 Å². The number of carbonyl (C=O) groups is 2. The maximum absolute atomic E-state index is 12.9. The molecule has 1 saturated heterocycles. The van der Waals surface area contributed by atoms with Gasteiger partial charge in [-0.15, -0.1) is 17.9 Å². The van der Waals surface area contributed by atoms with Gasteiger partial charge in [-0.1, -0.05) is 12.1 Å². The van der Waals surface area contributed by atoms with Crippen LogP contribution < -0.4 is 5.32 Å². The molecule has 0 aliphatic carbocycles. The molecule has 0 saturated carbocycles. The van der Waals surface area contributed by atoms with E-state index in [1.165, 1.54) is 4.88 Å². The fourth-order valence-electron chi connectivity index (χ4n) is 3.03. The van der Waals surface area contributed by atoms with Gasteiger partial charge in [0.15, 0.2) is 0 Å². The number of aromatic nitrogens is 1. The van der Waals surface area contributed by atoms with Crippen molar-refractivity contribution in [2.45, 2.75) is 6.54 Å². The number of carbonyl (C=O) groups excluding carboxylic acids is 2. The highest BCUT2D eigenvalue weighted by Crippen LogP contribution is 2.15. The van der Waals surface area contributed by atoms with E-state index in [4.69, 9.17) is 0 Å². The molecule has 1 aliphatic heterocycles. The van der Waals surface area contributed by atoms with Crippen LogP contribution >= 0.6 is 11.3 Å². The third-order valence-electron chi connectivity index (χ3n) is 4.43. The average Bonchev–Trinajstić information content (AvgIpc) is 3.32. The Hall–Kier alpha value is -2.38. The molecule has 7 heteroatoms. The van der Waals surface area contributed by atoms with E-state index in [1.807, 2.05) is 39.2 Å². The molecule has 1 N–H and O–H groups in total. The third kappa shape index (κ3) is 4.62. The lowest BCUT2D eigenvalue weighted by molar-refractivity contribution is -0.122. The molecule has 0 unspecified atom stereocenters. The van der Waals surface area contributed by atoms with Crippen LogP contribution in [0.5, 0.6) is 0 Å². The van der Waals surface area contributed by atoms with Crippen LogP contribution in [0.3, 0.4) is 0 Å². The predicted molar refractivity (Wildman–Crippen MR) is 103 cm³/mol. The first-order valence-electron chi connectivity index (χ1n) is 8.74. The fraction of sp³-hybridized carbons (Fsp3) is 0.368. The summed E-state index contributed by atoms with van der Waals surface area (Å²) in [5.74, 6) is 0.0526. The zero-order valence-corrected chi connectivity index (χ0v) is 15.6. The molecule has 3 rings (SSSR count). The van der Waals surface area contributed by atoms with E-state index < -0.39 is 0 Å². The Bertz CT molecular complexity index is 745. The van der Waals surface area contributed by atoms with Gasteiger partial charge in [-0.05, 0) is 23.6 Å². The second kappa shape index (κ2) is 8.82. The van der Waals surface area contributed by atoms with Crippen molar-refractivity contribution in [3.05, 3.63) is 59.1 Å². The quantitative estimate of drug-likeness (QED) is 0.752. The zero-order valence-electron chi connectivity index (χ0n) is 14.8. The first kappa shape index (κ1) is 18.4. The minimum absolute atomic E-state index is 0.00509. The highest BCUT2D eigenvalue weighted by molar-refractivity contribution is 7.09. The molecule has 2 aromatic heterocycles. The summed E-state index contributed by atoms with van der Waals surface area (Å²) in [5, 5.41) is 4.83. The minimum Gasteiger partial charge on any atom is -0.352 e. The SMILES string of the molecule is C=CCNC(=O)CN1CCN(C(=O)c2cccn2Cc2cccs2)CC1. The van der Waals surface area contributed by atoms with Gasteiger partial charge in [0.1, 0.15) is 5.69 Å². The molecule has 2 amide bonds. The van der Waals surface area contributed by atoms with Crippen LogP contribution in [0.4, 0.5) is 0 Å². The van der Waals surface area contributed by atoms with Crippen molar-refractivity contribution >= 4 is 23.2 Å². The van der Waals surface area contributed by atoms with E-state index in [2.05, 4.69) is 22.9 Å². The number of hydrogen-bond donors (Lipinski definition) is 1. The number of thiophene rings is 1. The molecule has 2 aromatic rings. The van der Waals surface area contributed by atoms with Gasteiger partial charge in [0.05, 0.1) is 13.1 Å². The molecule has 0 bridgehead atoms. The van der Waals surface area contributed by atoms with E-state index in [1.54, 1.807) is 17.4 Å². The largest absolute Gasteiger partial charge is 0.352 e. The predicted octanol–water partition coefficient (Wildman–Crippen LogP) is 1.66. The van der Waals surface area contributed by atoms with E-state index in [0.717, 1.165) is 12.2 Å². The van der Waals surface area contributed by atoms with Crippen molar-refractivity contribution < 1.29 is 9.59 Å². The highest BCUT2D eigenvalue weighted by atomic mass is 32.1. The maximum atomic E-state index is 12.9. The first-order valence-corrected chi connectivity index (χ1v) is 9.62. The number of amides is 2. The molecule has 1 aliphatic rings. The lowest BCUT2D eigenvalue weighted by Gasteiger charge is -2.34. The monoisotopic (exact) mass is 372 g/mol. The topological polar surface area (TPSA) is 57.6 Å². The van der Waals surface area contributed by atoms with Crippen molar-refractivity contribution in [1.29, 1.82) is 0 Å². The Labute approximate surface area is 157 Å². The molecule has 138 valence electrons. The smallest absolute Gasteiger partial charge is 0.270 e. The van der Waals surface area contributed by atoms with Crippen LogP contribution in [-0.4, -0.2) is 65.4 Å². The lowest BCUT2D eigenvalue weighted by atomic mass is 10.2. The van der Waals surface area contributed by atoms with Gasteiger partial charge < -0.3 is 14.8 Å². The van der Waals surface area contributed by atoms with Crippen molar-refractivity contribution in [1.82, 2.24) is 19.7 Å². The highest BCUT2D eigenvalue weighted by Gasteiger charge is 2.24. The molecular formula is C19H24N4O2S. The van der Waals surface area contributed by atoms with Crippen LogP contribution in [0, 0.1) is 0 Å². The summed E-state index contributed by atoms with van der Waals surface area (Å²) in [6.07, 6.45) is 3.62. The molecule has 1 fully saturated rings. The molecule has 0 aromatic carbocycles. The van der Waals surface area contributed by atoms with Gasteiger partial charge in [0.2, 0.25) is 5.91 Å². The Balaban J connectivity index is 1.53. The van der Waals surface area contributed by atoms with Crippen LogP contribution in [0.25, 0.3) is 0 Å². The molecule has 0 atom stereocenters. The Kier molecular flexibility index (Phi) is 6.25. The van der Waals surface area contributed by atoms with Gasteiger partial charge in [0, 0.05) is 43.8 Å². The molecule has 6 nitrogen and oxygen atoms in total. The van der Waals surface area contributed by atoms with Gasteiger partial charge in [-0.2, -0.15) is 0 Å². The second-order valence-corrected chi connectivity index (χ2v) is 7.29. The first-order chi connectivity index (χ1) is 12.7. The number of nitrogens with one attached hydrogen (secondary N) is 1. The molecular weight excluding hydrogens is 348 g/mol. The van der Waals surface area contributed by atoms with Gasteiger partial charge >= 0.3 is 0 Å². The number of nitrogens with zero attached hydrogens (tertiary/aromatic N) is 3. The summed E-state index contributed by atoms with van der Waals surface area (Å²) in [5.41, 5.74) is 0.718. The second-order valence-electron chi connectivity index (χ2n) is 6.26. The standard InChI is InChI=1S/C19H24N4O2S/c1-2-7-20-18(24)15-21-9-11-22(12-10-21)19(25)17-6-3-8-23(17)14-16-5-4-13-26-16/h2-6,8,13H,1,7,9-12,14-15H2,(H,20,24). The average molecular weight is 372 g/mol. The van der Waals surface area contributed by atoms with Crippen LogP contribution in [-0.2, 0) is 11.3 Å². The third-order valence-corrected chi connectivity index (χ3v) is 5.29. The summed E-state index contributed by atoms with van der Waals surface area (Å²) >= 11 is 1.69. The van der Waals surface area contributed by atoms with Crippen LogP contribution in [0.15, 0.2) is 48.5 Å². The van der Waals surface area contributed by atoms with Crippen molar-refractivity contribution in [3.8, 4) is 0 Å². The Morgan fingerprint density at radius 1 is 1.19 bits per heavy atom. The molecule has 3 heterocycles. The normalized spacial score (nSPS) is 15.0. The van der Waals surface area contributed by atoms with Crippen molar-refractivity contribution in [2.75, 3.05) is 39.3 Å². The molecule has 0 spiro atoms. The van der Waals surface area contributed by atoms with E-state index in [9.17, 15) is 9.59 Å². The summed E-state index contributed by atoms with van der Waals surface area (Å²) in [4.78, 5) is 29.8. The maximum Gasteiger partial charge on any atom is 0.270 e. The van der Waals surface area contributed by atoms with Gasteiger partial charge in [-0.3, -0.25) is 14.5 Å². The van der Waals surface area contributed by atoms with Crippen LogP contribution in [0.2, 0.25) is 0 Å². The summed E-state index contributed by atoms with van der Waals surface area (Å²) in [6.45, 7) is 7.85. The summed E-state index contributed by atoms with van der Waals surface area (Å²) in [6, 6.07) is 7.90. The van der Waals surface area contributed by atoms with E-state index in [0.29, 0.717) is 39.3 Å². The summed E-state index contributed by atoms with van der Waals surface area (Å²) < 4.78 is 2.00. The number of piperazine rings is 1. The number of hydrogen-bond acceptors (Lipinski definition) is 4. The van der Waals surface area contributed by atoms with Crippen molar-refractivity contribution in [2.24, 2.45) is 0 Å². The molecule has 0 radical (unpaired) electrons. The Morgan fingerprint density at radius 3 is 2.69 bits per heavy atom. The van der Waals surface area contributed by atoms with E-state index in [-0.39, 0.29) is 11.8 Å².